The molecule has 0 bridgehead atoms. The Balaban J connectivity index is 2.02. The third-order valence-corrected chi connectivity index (χ3v) is 2.48. The number of aromatic nitrogens is 4. The summed E-state index contributed by atoms with van der Waals surface area (Å²) in [4.78, 5) is 7.95. The smallest absolute Gasteiger partial charge is 0.224 e. The van der Waals surface area contributed by atoms with Crippen molar-refractivity contribution in [1.82, 2.24) is 19.7 Å². The second-order valence-electron chi connectivity index (χ2n) is 4.19. The second-order valence-corrected chi connectivity index (χ2v) is 4.19. The highest BCUT2D eigenvalue weighted by atomic mass is 19.1. The summed E-state index contributed by atoms with van der Waals surface area (Å²) in [6, 6.07) is 1.85. The molecule has 2 aromatic heterocycles. The maximum atomic E-state index is 13.6. The number of nitrogens with one attached hydrogen (secondary N) is 2. The first kappa shape index (κ1) is 13.3. The maximum absolute atomic E-state index is 13.6. The van der Waals surface area contributed by atoms with Gasteiger partial charge < -0.3 is 10.6 Å². The Kier molecular flexibility index (Phi) is 4.27. The number of hydrogen-bond donors (Lipinski definition) is 2. The molecule has 1 atom stereocenters. The van der Waals surface area contributed by atoms with Crippen molar-refractivity contribution in [2.24, 2.45) is 0 Å². The zero-order chi connectivity index (χ0) is 13.7. The van der Waals surface area contributed by atoms with E-state index < -0.39 is 5.82 Å². The van der Waals surface area contributed by atoms with Crippen molar-refractivity contribution in [2.45, 2.75) is 26.4 Å². The first-order chi connectivity index (χ1) is 9.19. The van der Waals surface area contributed by atoms with E-state index in [1.807, 2.05) is 26.1 Å². The highest BCUT2D eigenvalue weighted by molar-refractivity contribution is 5.41. The Morgan fingerprint density at radius 3 is 3.00 bits per heavy atom. The van der Waals surface area contributed by atoms with Crippen molar-refractivity contribution in [3.63, 3.8) is 0 Å². The molecule has 2 aromatic rings. The van der Waals surface area contributed by atoms with E-state index in [2.05, 4.69) is 25.7 Å². The normalized spacial score (nSPS) is 12.2. The van der Waals surface area contributed by atoms with Crippen molar-refractivity contribution < 1.29 is 4.39 Å². The van der Waals surface area contributed by atoms with Crippen LogP contribution >= 0.6 is 0 Å². The monoisotopic (exact) mass is 264 g/mol. The quantitative estimate of drug-likeness (QED) is 0.832. The van der Waals surface area contributed by atoms with Gasteiger partial charge in [0.1, 0.15) is 0 Å². The average molecular weight is 264 g/mol. The molecule has 0 spiro atoms. The van der Waals surface area contributed by atoms with Gasteiger partial charge in [-0.3, -0.25) is 4.68 Å². The van der Waals surface area contributed by atoms with Crippen LogP contribution in [0.5, 0.6) is 0 Å². The van der Waals surface area contributed by atoms with E-state index >= 15 is 0 Å². The molecule has 19 heavy (non-hydrogen) atoms. The van der Waals surface area contributed by atoms with E-state index in [9.17, 15) is 4.39 Å². The van der Waals surface area contributed by atoms with Crippen molar-refractivity contribution in [1.29, 1.82) is 0 Å². The van der Waals surface area contributed by atoms with Crippen molar-refractivity contribution in [3.8, 4) is 0 Å². The summed E-state index contributed by atoms with van der Waals surface area (Å²) in [6.45, 7) is 5.19. The molecule has 2 rings (SSSR count). The molecule has 2 heterocycles. The van der Waals surface area contributed by atoms with Crippen LogP contribution < -0.4 is 10.6 Å². The van der Waals surface area contributed by atoms with Gasteiger partial charge in [-0.25, -0.2) is 9.37 Å². The van der Waals surface area contributed by atoms with Crippen molar-refractivity contribution in [2.75, 3.05) is 17.2 Å². The number of anilines is 2. The van der Waals surface area contributed by atoms with E-state index in [0.29, 0.717) is 19.0 Å². The van der Waals surface area contributed by atoms with Gasteiger partial charge in [-0.2, -0.15) is 10.1 Å². The number of halogens is 1. The van der Waals surface area contributed by atoms with Crippen LogP contribution in [0.1, 0.15) is 13.8 Å². The summed E-state index contributed by atoms with van der Waals surface area (Å²) >= 11 is 0. The first-order valence-corrected chi connectivity index (χ1v) is 6.19. The van der Waals surface area contributed by atoms with Crippen LogP contribution in [0.2, 0.25) is 0 Å². The zero-order valence-electron chi connectivity index (χ0n) is 11.0. The molecule has 0 radical (unpaired) electrons. The minimum Gasteiger partial charge on any atom is -0.363 e. The van der Waals surface area contributed by atoms with Crippen LogP contribution in [0.4, 0.5) is 16.2 Å². The fraction of sp³-hybridized carbons (Fsp3) is 0.417. The van der Waals surface area contributed by atoms with Crippen LogP contribution in [0.25, 0.3) is 0 Å². The molecule has 0 aliphatic carbocycles. The standard InChI is InChI=1S/C12H17FN6/c1-3-14-12-15-7-10(13)11(18-12)17-9(2)8-19-6-4-5-16-19/h4-7,9H,3,8H2,1-2H3,(H2,14,15,17,18). The summed E-state index contributed by atoms with van der Waals surface area (Å²) in [7, 11) is 0. The van der Waals surface area contributed by atoms with Gasteiger partial charge in [0, 0.05) is 25.0 Å². The fourth-order valence-electron chi connectivity index (χ4n) is 1.68. The third kappa shape index (κ3) is 3.64. The third-order valence-electron chi connectivity index (χ3n) is 2.48. The molecule has 0 fully saturated rings. The molecular weight excluding hydrogens is 247 g/mol. The lowest BCUT2D eigenvalue weighted by Gasteiger charge is -2.15. The number of rotatable bonds is 6. The Bertz CT molecular complexity index is 513. The molecule has 0 aliphatic rings. The van der Waals surface area contributed by atoms with Gasteiger partial charge in [-0.15, -0.1) is 0 Å². The van der Waals surface area contributed by atoms with E-state index in [-0.39, 0.29) is 11.9 Å². The molecular formula is C12H17FN6. The summed E-state index contributed by atoms with van der Waals surface area (Å²) in [5, 5.41) is 10.1. The molecule has 0 aromatic carbocycles. The van der Waals surface area contributed by atoms with Crippen LogP contribution in [0.3, 0.4) is 0 Å². The summed E-state index contributed by atoms with van der Waals surface area (Å²) in [5.74, 6) is 0.150. The Labute approximate surface area is 111 Å². The lowest BCUT2D eigenvalue weighted by atomic mass is 10.3. The molecule has 0 aliphatic heterocycles. The SMILES string of the molecule is CCNc1ncc(F)c(NC(C)Cn2cccn2)n1. The number of nitrogens with zero attached hydrogens (tertiary/aromatic N) is 4. The maximum Gasteiger partial charge on any atom is 0.224 e. The summed E-state index contributed by atoms with van der Waals surface area (Å²) in [6.07, 6.45) is 4.73. The topological polar surface area (TPSA) is 67.7 Å². The van der Waals surface area contributed by atoms with Crippen LogP contribution in [-0.2, 0) is 6.54 Å². The van der Waals surface area contributed by atoms with Gasteiger partial charge in [0.05, 0.1) is 12.7 Å². The van der Waals surface area contributed by atoms with Crippen molar-refractivity contribution in [3.05, 3.63) is 30.5 Å². The van der Waals surface area contributed by atoms with E-state index in [0.717, 1.165) is 6.20 Å². The molecule has 0 saturated heterocycles. The van der Waals surface area contributed by atoms with Gasteiger partial charge in [0.15, 0.2) is 11.6 Å². The van der Waals surface area contributed by atoms with Gasteiger partial charge in [-0.05, 0) is 19.9 Å². The summed E-state index contributed by atoms with van der Waals surface area (Å²) < 4.78 is 15.4. The predicted octanol–water partition coefficient (Wildman–Crippen LogP) is 1.74. The van der Waals surface area contributed by atoms with Crippen LogP contribution in [0, 0.1) is 5.82 Å². The molecule has 0 saturated carbocycles. The minimum absolute atomic E-state index is 0.00113. The summed E-state index contributed by atoms with van der Waals surface area (Å²) in [5.41, 5.74) is 0. The van der Waals surface area contributed by atoms with Gasteiger partial charge in [0.2, 0.25) is 5.95 Å². The average Bonchev–Trinajstić information content (AvgIpc) is 2.86. The Morgan fingerprint density at radius 2 is 2.32 bits per heavy atom. The lowest BCUT2D eigenvalue weighted by molar-refractivity contribution is 0.551. The van der Waals surface area contributed by atoms with E-state index in [1.54, 1.807) is 10.9 Å². The zero-order valence-corrected chi connectivity index (χ0v) is 11.0. The Hall–Kier alpha value is -2.18. The predicted molar refractivity (Wildman–Crippen MR) is 71.5 cm³/mol. The Morgan fingerprint density at radius 1 is 1.47 bits per heavy atom. The van der Waals surface area contributed by atoms with Crippen LogP contribution in [-0.4, -0.2) is 32.3 Å². The van der Waals surface area contributed by atoms with Gasteiger partial charge in [0.25, 0.3) is 0 Å². The van der Waals surface area contributed by atoms with Gasteiger partial charge >= 0.3 is 0 Å². The molecule has 2 N–H and O–H groups in total. The van der Waals surface area contributed by atoms with Gasteiger partial charge in [-0.1, -0.05) is 0 Å². The lowest BCUT2D eigenvalue weighted by Crippen LogP contribution is -2.23. The second kappa shape index (κ2) is 6.12. The largest absolute Gasteiger partial charge is 0.363 e. The molecule has 7 heteroatoms. The highest BCUT2D eigenvalue weighted by Gasteiger charge is 2.10. The molecule has 1 unspecified atom stereocenters. The van der Waals surface area contributed by atoms with E-state index in [4.69, 9.17) is 0 Å². The molecule has 102 valence electrons. The first-order valence-electron chi connectivity index (χ1n) is 6.19. The molecule has 6 nitrogen and oxygen atoms in total. The highest BCUT2D eigenvalue weighted by Crippen LogP contribution is 2.13. The molecule has 0 amide bonds. The number of hydrogen-bond acceptors (Lipinski definition) is 5. The minimum atomic E-state index is -0.464. The fourth-order valence-corrected chi connectivity index (χ4v) is 1.68. The van der Waals surface area contributed by atoms with Crippen molar-refractivity contribution >= 4 is 11.8 Å². The van der Waals surface area contributed by atoms with Crippen LogP contribution in [0.15, 0.2) is 24.7 Å². The van der Waals surface area contributed by atoms with E-state index in [1.165, 1.54) is 0 Å².